The molecule has 2 aliphatic heterocycles. The molecule has 8 nitrogen and oxygen atoms in total. The van der Waals surface area contributed by atoms with Crippen LogP contribution >= 0.6 is 11.3 Å². The van der Waals surface area contributed by atoms with Gasteiger partial charge in [-0.3, -0.25) is 4.90 Å². The molecule has 2 saturated heterocycles. The maximum Gasteiger partial charge on any atom is 0.163 e. The molecule has 166 valence electrons. The Kier molecular flexibility index (Phi) is 5.26. The number of morpholine rings is 1. The van der Waals surface area contributed by atoms with Crippen molar-refractivity contribution in [3.05, 3.63) is 35.0 Å². The normalized spacial score (nSPS) is 18.1. The SMILES string of the molecule is Cc1nc2ccc(-c3nc(N4CCOCC4)c4cc(CN5CCNCC5)sc4n3)cc2[nH]1. The Morgan fingerprint density at radius 1 is 1.03 bits per heavy atom. The first-order valence-corrected chi connectivity index (χ1v) is 12.1. The fourth-order valence-corrected chi connectivity index (χ4v) is 5.61. The van der Waals surface area contributed by atoms with Gasteiger partial charge in [-0.25, -0.2) is 15.0 Å². The van der Waals surface area contributed by atoms with Crippen LogP contribution in [0.4, 0.5) is 5.82 Å². The minimum atomic E-state index is 0.734. The van der Waals surface area contributed by atoms with Gasteiger partial charge in [0.25, 0.3) is 0 Å². The number of anilines is 1. The number of aromatic nitrogens is 4. The molecule has 2 N–H and O–H groups in total. The zero-order valence-electron chi connectivity index (χ0n) is 18.2. The van der Waals surface area contributed by atoms with Gasteiger partial charge in [0, 0.05) is 56.3 Å². The molecule has 0 aliphatic carbocycles. The molecule has 4 aromatic rings. The van der Waals surface area contributed by atoms with E-state index in [0.717, 1.165) is 103 Å². The van der Waals surface area contributed by atoms with Crippen LogP contribution in [0, 0.1) is 6.92 Å². The molecule has 0 saturated carbocycles. The van der Waals surface area contributed by atoms with Gasteiger partial charge >= 0.3 is 0 Å². The van der Waals surface area contributed by atoms with E-state index in [9.17, 15) is 0 Å². The fourth-order valence-electron chi connectivity index (χ4n) is 4.55. The van der Waals surface area contributed by atoms with Gasteiger partial charge in [0.1, 0.15) is 16.5 Å². The van der Waals surface area contributed by atoms with Crippen LogP contribution in [0.3, 0.4) is 0 Å². The van der Waals surface area contributed by atoms with Crippen molar-refractivity contribution in [1.82, 2.24) is 30.2 Å². The number of nitrogens with zero attached hydrogens (tertiary/aromatic N) is 5. The van der Waals surface area contributed by atoms with E-state index in [1.807, 2.05) is 13.0 Å². The molecule has 0 unspecified atom stereocenters. The number of H-pyrrole nitrogens is 1. The summed E-state index contributed by atoms with van der Waals surface area (Å²) < 4.78 is 5.60. The maximum atomic E-state index is 5.60. The summed E-state index contributed by atoms with van der Waals surface area (Å²) in [4.78, 5) is 25.2. The average molecular weight is 450 g/mol. The minimum Gasteiger partial charge on any atom is -0.378 e. The number of nitrogens with one attached hydrogen (secondary N) is 2. The predicted octanol–water partition coefficient (Wildman–Crippen LogP) is 2.78. The highest BCUT2D eigenvalue weighted by atomic mass is 32.1. The van der Waals surface area contributed by atoms with Gasteiger partial charge in [-0.2, -0.15) is 0 Å². The molecule has 2 aliphatic rings. The molecule has 6 rings (SSSR count). The van der Waals surface area contributed by atoms with Gasteiger partial charge < -0.3 is 19.9 Å². The monoisotopic (exact) mass is 449 g/mol. The summed E-state index contributed by atoms with van der Waals surface area (Å²) in [5, 5.41) is 4.59. The third-order valence-corrected chi connectivity index (χ3v) is 7.20. The zero-order chi connectivity index (χ0) is 21.5. The van der Waals surface area contributed by atoms with Crippen molar-refractivity contribution in [1.29, 1.82) is 0 Å². The molecule has 0 atom stereocenters. The third-order valence-electron chi connectivity index (χ3n) is 6.18. The van der Waals surface area contributed by atoms with E-state index in [-0.39, 0.29) is 0 Å². The highest BCUT2D eigenvalue weighted by Gasteiger charge is 2.21. The molecule has 0 amide bonds. The number of ether oxygens (including phenoxy) is 1. The third kappa shape index (κ3) is 3.86. The largest absolute Gasteiger partial charge is 0.378 e. The topological polar surface area (TPSA) is 82.2 Å². The number of piperazine rings is 1. The highest BCUT2D eigenvalue weighted by molar-refractivity contribution is 7.18. The van der Waals surface area contributed by atoms with Gasteiger partial charge in [0.15, 0.2) is 5.82 Å². The number of aryl methyl sites for hydroxylation is 1. The molecule has 3 aromatic heterocycles. The lowest BCUT2D eigenvalue weighted by Gasteiger charge is -2.28. The molecular formula is C23H27N7OS. The number of aromatic amines is 1. The summed E-state index contributed by atoms with van der Waals surface area (Å²) in [7, 11) is 0. The van der Waals surface area contributed by atoms with E-state index >= 15 is 0 Å². The van der Waals surface area contributed by atoms with Crippen molar-refractivity contribution in [2.24, 2.45) is 0 Å². The van der Waals surface area contributed by atoms with Crippen LogP contribution < -0.4 is 10.2 Å². The molecule has 2 fully saturated rings. The Hall–Kier alpha value is -2.59. The number of imidazole rings is 1. The quantitative estimate of drug-likeness (QED) is 0.496. The van der Waals surface area contributed by atoms with E-state index in [0.29, 0.717) is 0 Å². The van der Waals surface area contributed by atoms with Crippen molar-refractivity contribution in [3.8, 4) is 11.4 Å². The van der Waals surface area contributed by atoms with Crippen LogP contribution in [0.25, 0.3) is 32.6 Å². The Morgan fingerprint density at radius 2 is 1.88 bits per heavy atom. The van der Waals surface area contributed by atoms with E-state index < -0.39 is 0 Å². The molecule has 0 bridgehead atoms. The second-order valence-corrected chi connectivity index (χ2v) is 9.60. The standard InChI is InChI=1S/C23H27N7OS/c1-15-25-19-3-2-16(12-20(19)26-15)21-27-22(30-8-10-31-11-9-30)18-13-17(32-23(18)28-21)14-29-6-4-24-5-7-29/h2-3,12-13,24H,4-11,14H2,1H3,(H,25,26). The van der Waals surface area contributed by atoms with E-state index in [4.69, 9.17) is 14.7 Å². The van der Waals surface area contributed by atoms with Crippen LogP contribution in [-0.4, -0.2) is 77.3 Å². The second kappa shape index (κ2) is 8.40. The molecule has 9 heteroatoms. The number of hydrogen-bond acceptors (Lipinski definition) is 8. The number of thiophene rings is 1. The maximum absolute atomic E-state index is 5.60. The second-order valence-electron chi connectivity index (χ2n) is 8.48. The first kappa shape index (κ1) is 20.0. The van der Waals surface area contributed by atoms with Gasteiger partial charge in [0.2, 0.25) is 0 Å². The number of hydrogen-bond donors (Lipinski definition) is 2. The molecular weight excluding hydrogens is 422 g/mol. The summed E-state index contributed by atoms with van der Waals surface area (Å²) in [6, 6.07) is 8.52. The van der Waals surface area contributed by atoms with E-state index in [2.05, 4.69) is 43.3 Å². The molecule has 0 spiro atoms. The molecule has 5 heterocycles. The first-order chi connectivity index (χ1) is 15.7. The van der Waals surface area contributed by atoms with Crippen LogP contribution in [0.2, 0.25) is 0 Å². The number of rotatable bonds is 4. The highest BCUT2D eigenvalue weighted by Crippen LogP contribution is 2.34. The summed E-state index contributed by atoms with van der Waals surface area (Å²) in [5.41, 5.74) is 2.99. The lowest BCUT2D eigenvalue weighted by atomic mass is 10.2. The van der Waals surface area contributed by atoms with E-state index in [1.165, 1.54) is 4.88 Å². The Labute approximate surface area is 190 Å². The number of benzene rings is 1. The lowest BCUT2D eigenvalue weighted by molar-refractivity contribution is 0.122. The van der Waals surface area contributed by atoms with E-state index in [1.54, 1.807) is 11.3 Å². The van der Waals surface area contributed by atoms with Crippen LogP contribution in [0.15, 0.2) is 24.3 Å². The zero-order valence-corrected chi connectivity index (χ0v) is 19.0. The Morgan fingerprint density at radius 3 is 2.72 bits per heavy atom. The number of fused-ring (bicyclic) bond motifs is 2. The van der Waals surface area contributed by atoms with Crippen molar-refractivity contribution < 1.29 is 4.74 Å². The first-order valence-electron chi connectivity index (χ1n) is 11.3. The Balaban J connectivity index is 1.43. The van der Waals surface area contributed by atoms with Crippen LogP contribution in [0.5, 0.6) is 0 Å². The van der Waals surface area contributed by atoms with Crippen LogP contribution in [0.1, 0.15) is 10.7 Å². The summed E-state index contributed by atoms with van der Waals surface area (Å²) >= 11 is 1.79. The molecule has 1 aromatic carbocycles. The average Bonchev–Trinajstić information content (AvgIpc) is 3.40. The minimum absolute atomic E-state index is 0.734. The van der Waals surface area contributed by atoms with Gasteiger partial charge in [-0.05, 0) is 31.2 Å². The van der Waals surface area contributed by atoms with Crippen molar-refractivity contribution in [2.45, 2.75) is 13.5 Å². The smallest absolute Gasteiger partial charge is 0.163 e. The molecule has 32 heavy (non-hydrogen) atoms. The van der Waals surface area contributed by atoms with Crippen molar-refractivity contribution in [3.63, 3.8) is 0 Å². The lowest BCUT2D eigenvalue weighted by Crippen LogP contribution is -2.42. The molecule has 0 radical (unpaired) electrons. The van der Waals surface area contributed by atoms with Crippen molar-refractivity contribution >= 4 is 38.4 Å². The fraction of sp³-hybridized carbons (Fsp3) is 0.435. The summed E-state index contributed by atoms with van der Waals surface area (Å²) in [6.07, 6.45) is 0. The Bertz CT molecular complexity index is 1250. The van der Waals surface area contributed by atoms with Crippen molar-refractivity contribution in [2.75, 3.05) is 57.4 Å². The van der Waals surface area contributed by atoms with Crippen LogP contribution in [-0.2, 0) is 11.3 Å². The predicted molar refractivity (Wildman–Crippen MR) is 128 cm³/mol. The summed E-state index contributed by atoms with van der Waals surface area (Å²) in [5.74, 6) is 2.71. The van der Waals surface area contributed by atoms with Gasteiger partial charge in [-0.15, -0.1) is 11.3 Å². The van der Waals surface area contributed by atoms with Gasteiger partial charge in [0.05, 0.1) is 29.6 Å². The summed E-state index contributed by atoms with van der Waals surface area (Å²) in [6.45, 7) is 10.4. The van der Waals surface area contributed by atoms with Gasteiger partial charge in [-0.1, -0.05) is 0 Å².